The summed E-state index contributed by atoms with van der Waals surface area (Å²) in [5.41, 5.74) is 0. The highest BCUT2D eigenvalue weighted by atomic mass is 127. The minimum Gasteiger partial charge on any atom is -0.341 e. The van der Waals surface area contributed by atoms with Crippen molar-refractivity contribution in [1.29, 1.82) is 0 Å². The number of carbonyl (C=O) groups is 1. The molecule has 0 aromatic carbocycles. The molecule has 0 N–H and O–H groups in total. The number of likely N-dealkylation sites (tertiary alicyclic amines) is 1. The van der Waals surface area contributed by atoms with Crippen molar-refractivity contribution >= 4 is 34.4 Å². The summed E-state index contributed by atoms with van der Waals surface area (Å²) in [6.07, 6.45) is 5.74. The molecule has 1 aliphatic rings. The van der Waals surface area contributed by atoms with E-state index in [4.69, 9.17) is 0 Å². The summed E-state index contributed by atoms with van der Waals surface area (Å²) < 4.78 is 0.991. The summed E-state index contributed by atoms with van der Waals surface area (Å²) in [5.74, 6) is 0.755. The number of carbonyl (C=O) groups excluding carboxylic acids is 1. The van der Waals surface area contributed by atoms with E-state index in [0.717, 1.165) is 29.5 Å². The number of anilines is 1. The summed E-state index contributed by atoms with van der Waals surface area (Å²) in [6, 6.07) is 0. The number of halogens is 1. The molecule has 5 nitrogen and oxygen atoms in total. The van der Waals surface area contributed by atoms with E-state index < -0.39 is 0 Å². The number of aromatic nitrogens is 2. The van der Waals surface area contributed by atoms with Crippen LogP contribution in [0.4, 0.5) is 5.95 Å². The molecule has 0 radical (unpaired) electrons. The molecule has 0 aliphatic carbocycles. The number of amides is 1. The first-order valence-electron chi connectivity index (χ1n) is 5.63. The number of rotatable bonds is 3. The van der Waals surface area contributed by atoms with Crippen LogP contribution in [0.15, 0.2) is 12.4 Å². The van der Waals surface area contributed by atoms with Crippen LogP contribution in [0.3, 0.4) is 0 Å². The second-order valence-corrected chi connectivity index (χ2v) is 5.39. The monoisotopic (exact) mass is 346 g/mol. The SMILES string of the molecule is CN(CC(=O)N1CCCC1)c1ncc(I)cn1. The minimum absolute atomic E-state index is 0.159. The topological polar surface area (TPSA) is 49.3 Å². The van der Waals surface area contributed by atoms with Gasteiger partial charge in [-0.3, -0.25) is 4.79 Å². The van der Waals surface area contributed by atoms with Gasteiger partial charge in [0.1, 0.15) is 0 Å². The first-order chi connectivity index (χ1) is 8.16. The quantitative estimate of drug-likeness (QED) is 0.771. The highest BCUT2D eigenvalue weighted by molar-refractivity contribution is 14.1. The standard InChI is InChI=1S/C11H15IN4O/c1-15(11-13-6-9(12)7-14-11)8-10(17)16-4-2-3-5-16/h6-7H,2-5,8H2,1H3. The molecule has 0 spiro atoms. The van der Waals surface area contributed by atoms with Crippen LogP contribution in [-0.4, -0.2) is 47.5 Å². The molecule has 1 aromatic rings. The summed E-state index contributed by atoms with van der Waals surface area (Å²) in [4.78, 5) is 24.0. The van der Waals surface area contributed by atoms with Crippen molar-refractivity contribution in [3.8, 4) is 0 Å². The lowest BCUT2D eigenvalue weighted by molar-refractivity contribution is -0.128. The Bertz CT molecular complexity index is 389. The molecule has 0 unspecified atom stereocenters. The van der Waals surface area contributed by atoms with Crippen molar-refractivity contribution in [3.63, 3.8) is 0 Å². The normalized spacial score (nSPS) is 15.1. The summed E-state index contributed by atoms with van der Waals surface area (Å²) in [7, 11) is 1.84. The molecule has 1 fully saturated rings. The first kappa shape index (κ1) is 12.5. The van der Waals surface area contributed by atoms with Crippen LogP contribution in [0.25, 0.3) is 0 Å². The zero-order valence-electron chi connectivity index (χ0n) is 9.77. The largest absolute Gasteiger partial charge is 0.341 e. The van der Waals surface area contributed by atoms with Crippen LogP contribution in [0, 0.1) is 3.57 Å². The molecule has 6 heteroatoms. The van der Waals surface area contributed by atoms with E-state index >= 15 is 0 Å². The van der Waals surface area contributed by atoms with Crippen LogP contribution in [-0.2, 0) is 4.79 Å². The van der Waals surface area contributed by atoms with E-state index in [1.54, 1.807) is 17.3 Å². The molecular weight excluding hydrogens is 331 g/mol. The Morgan fingerprint density at radius 2 is 2.00 bits per heavy atom. The third-order valence-corrected chi connectivity index (χ3v) is 3.34. The Morgan fingerprint density at radius 1 is 1.41 bits per heavy atom. The van der Waals surface area contributed by atoms with Crippen molar-refractivity contribution in [3.05, 3.63) is 16.0 Å². The van der Waals surface area contributed by atoms with Gasteiger partial charge in [0.15, 0.2) is 0 Å². The van der Waals surface area contributed by atoms with Crippen molar-refractivity contribution in [2.45, 2.75) is 12.8 Å². The zero-order chi connectivity index (χ0) is 12.3. The van der Waals surface area contributed by atoms with Gasteiger partial charge in [0.25, 0.3) is 0 Å². The van der Waals surface area contributed by atoms with Crippen LogP contribution >= 0.6 is 22.6 Å². The van der Waals surface area contributed by atoms with Gasteiger partial charge in [0.05, 0.1) is 6.54 Å². The average molecular weight is 346 g/mol. The van der Waals surface area contributed by atoms with Gasteiger partial charge in [-0.05, 0) is 35.4 Å². The third-order valence-electron chi connectivity index (χ3n) is 2.78. The number of hydrogen-bond acceptors (Lipinski definition) is 4. The minimum atomic E-state index is 0.159. The van der Waals surface area contributed by atoms with Gasteiger partial charge in [-0.15, -0.1) is 0 Å². The number of hydrogen-bond donors (Lipinski definition) is 0. The fourth-order valence-electron chi connectivity index (χ4n) is 1.84. The highest BCUT2D eigenvalue weighted by Crippen LogP contribution is 2.10. The van der Waals surface area contributed by atoms with E-state index in [-0.39, 0.29) is 5.91 Å². The van der Waals surface area contributed by atoms with Crippen molar-refractivity contribution in [1.82, 2.24) is 14.9 Å². The van der Waals surface area contributed by atoms with Crippen LogP contribution in [0.1, 0.15) is 12.8 Å². The molecule has 1 saturated heterocycles. The Labute approximate surface area is 114 Å². The maximum absolute atomic E-state index is 11.9. The summed E-state index contributed by atoms with van der Waals surface area (Å²) in [6.45, 7) is 2.13. The van der Waals surface area contributed by atoms with Gasteiger partial charge in [-0.25, -0.2) is 9.97 Å². The van der Waals surface area contributed by atoms with Gasteiger partial charge in [0, 0.05) is 36.1 Å². The van der Waals surface area contributed by atoms with Crippen LogP contribution in [0.2, 0.25) is 0 Å². The predicted octanol–water partition coefficient (Wildman–Crippen LogP) is 1.14. The van der Waals surface area contributed by atoms with E-state index in [1.807, 2.05) is 11.9 Å². The molecule has 0 atom stereocenters. The summed E-state index contributed by atoms with van der Waals surface area (Å²) >= 11 is 2.16. The Hall–Kier alpha value is -0.920. The van der Waals surface area contributed by atoms with E-state index in [2.05, 4.69) is 32.6 Å². The second-order valence-electron chi connectivity index (χ2n) is 4.15. The zero-order valence-corrected chi connectivity index (χ0v) is 11.9. The van der Waals surface area contributed by atoms with Gasteiger partial charge >= 0.3 is 0 Å². The molecule has 0 saturated carbocycles. The Morgan fingerprint density at radius 3 is 2.59 bits per heavy atom. The van der Waals surface area contributed by atoms with Gasteiger partial charge < -0.3 is 9.80 Å². The lowest BCUT2D eigenvalue weighted by Crippen LogP contribution is -2.37. The fourth-order valence-corrected chi connectivity index (χ4v) is 2.12. The van der Waals surface area contributed by atoms with Crippen molar-refractivity contribution < 1.29 is 4.79 Å². The number of nitrogens with zero attached hydrogens (tertiary/aromatic N) is 4. The second kappa shape index (κ2) is 5.61. The third kappa shape index (κ3) is 3.27. The smallest absolute Gasteiger partial charge is 0.242 e. The van der Waals surface area contributed by atoms with Crippen molar-refractivity contribution in [2.75, 3.05) is 31.6 Å². The Kier molecular flexibility index (Phi) is 4.14. The molecule has 1 aromatic heterocycles. The maximum atomic E-state index is 11.9. The van der Waals surface area contributed by atoms with Crippen molar-refractivity contribution in [2.24, 2.45) is 0 Å². The molecule has 1 aliphatic heterocycles. The lowest BCUT2D eigenvalue weighted by atomic mass is 10.4. The van der Waals surface area contributed by atoms with Gasteiger partial charge in [0.2, 0.25) is 11.9 Å². The molecular formula is C11H15IN4O. The van der Waals surface area contributed by atoms with Gasteiger partial charge in [-0.2, -0.15) is 0 Å². The molecule has 2 rings (SSSR count). The Balaban J connectivity index is 1.93. The first-order valence-corrected chi connectivity index (χ1v) is 6.71. The highest BCUT2D eigenvalue weighted by Gasteiger charge is 2.19. The fraction of sp³-hybridized carbons (Fsp3) is 0.545. The van der Waals surface area contributed by atoms with Crippen LogP contribution < -0.4 is 4.90 Å². The average Bonchev–Trinajstić information content (AvgIpc) is 2.83. The maximum Gasteiger partial charge on any atom is 0.242 e. The molecule has 2 heterocycles. The molecule has 0 bridgehead atoms. The predicted molar refractivity (Wildman–Crippen MR) is 73.8 cm³/mol. The van der Waals surface area contributed by atoms with Crippen LogP contribution in [0.5, 0.6) is 0 Å². The molecule has 92 valence electrons. The number of likely N-dealkylation sites (N-methyl/N-ethyl adjacent to an activating group) is 1. The van der Waals surface area contributed by atoms with E-state index in [0.29, 0.717) is 12.5 Å². The van der Waals surface area contributed by atoms with E-state index in [1.165, 1.54) is 0 Å². The lowest BCUT2D eigenvalue weighted by Gasteiger charge is -2.21. The summed E-state index contributed by atoms with van der Waals surface area (Å²) in [5, 5.41) is 0. The van der Waals surface area contributed by atoms with Gasteiger partial charge in [-0.1, -0.05) is 0 Å². The molecule has 17 heavy (non-hydrogen) atoms. The molecule has 1 amide bonds. The van der Waals surface area contributed by atoms with E-state index in [9.17, 15) is 4.79 Å².